The normalized spacial score (nSPS) is 15.3. The van der Waals surface area contributed by atoms with Gasteiger partial charge in [-0.3, -0.25) is 9.80 Å². The van der Waals surface area contributed by atoms with Crippen molar-refractivity contribution in [3.63, 3.8) is 0 Å². The summed E-state index contributed by atoms with van der Waals surface area (Å²) in [5.74, 6) is 1.80. The van der Waals surface area contributed by atoms with Crippen molar-refractivity contribution < 1.29 is 0 Å². The van der Waals surface area contributed by atoms with Crippen molar-refractivity contribution in [3.8, 4) is 22.5 Å². The van der Waals surface area contributed by atoms with Gasteiger partial charge in [-0.2, -0.15) is 0 Å². The number of aromatic nitrogens is 2. The maximum Gasteiger partial charge on any atom is 0.138 e. The quantitative estimate of drug-likeness (QED) is 0.192. The summed E-state index contributed by atoms with van der Waals surface area (Å²) < 4.78 is 0. The zero-order valence-electron chi connectivity index (χ0n) is 26.2. The van der Waals surface area contributed by atoms with E-state index in [9.17, 15) is 0 Å². The molecule has 2 aliphatic rings. The average molecular weight is 633 g/mol. The van der Waals surface area contributed by atoms with Crippen LogP contribution < -0.4 is 9.80 Å². The molecule has 0 N–H and O–H groups in total. The average Bonchev–Trinajstić information content (AvgIpc) is 3.63. The third-order valence-electron chi connectivity index (χ3n) is 8.45. The summed E-state index contributed by atoms with van der Waals surface area (Å²) in [6.45, 7) is 8.64. The molecule has 0 atom stereocenters. The number of benzene rings is 4. The first kappa shape index (κ1) is 28.7. The van der Waals surface area contributed by atoms with Gasteiger partial charge < -0.3 is 0 Å². The van der Waals surface area contributed by atoms with E-state index in [1.807, 2.05) is 6.07 Å². The number of hydrogen-bond acceptors (Lipinski definition) is 6. The number of thioether (sulfide) groups is 2. The number of pyridine rings is 2. The molecule has 0 aliphatic carbocycles. The Bertz CT molecular complexity index is 2150. The van der Waals surface area contributed by atoms with E-state index in [2.05, 4.69) is 153 Å². The SMILES string of the molecule is Cc1ccc2c(c1)N(c1cccc(-c3ccccc3)n1)/C(=C1\Sc3ccc(C)cc3N1c1cccc(-c3c(C)cccc3C)n1)S2. The molecule has 0 fully saturated rings. The predicted molar refractivity (Wildman–Crippen MR) is 194 cm³/mol. The zero-order chi connectivity index (χ0) is 31.4. The minimum Gasteiger partial charge on any atom is -0.285 e. The van der Waals surface area contributed by atoms with Crippen LogP contribution in [0.25, 0.3) is 22.5 Å². The van der Waals surface area contributed by atoms with Crippen molar-refractivity contribution in [2.24, 2.45) is 0 Å². The van der Waals surface area contributed by atoms with Crippen LogP contribution in [-0.4, -0.2) is 9.97 Å². The lowest BCUT2D eigenvalue weighted by Gasteiger charge is -2.26. The molecule has 0 bridgehead atoms. The Balaban J connectivity index is 1.34. The number of anilines is 4. The Kier molecular flexibility index (Phi) is 7.19. The summed E-state index contributed by atoms with van der Waals surface area (Å²) in [6.07, 6.45) is 0. The van der Waals surface area contributed by atoms with Crippen molar-refractivity contribution in [1.29, 1.82) is 0 Å². The smallest absolute Gasteiger partial charge is 0.138 e. The van der Waals surface area contributed by atoms with Crippen molar-refractivity contribution in [2.45, 2.75) is 37.5 Å². The van der Waals surface area contributed by atoms with Crippen molar-refractivity contribution in [3.05, 3.63) is 154 Å². The van der Waals surface area contributed by atoms with Crippen LogP contribution in [0.3, 0.4) is 0 Å². The van der Waals surface area contributed by atoms with E-state index in [0.29, 0.717) is 0 Å². The molecule has 0 spiro atoms. The Morgan fingerprint density at radius 1 is 0.478 bits per heavy atom. The van der Waals surface area contributed by atoms with Crippen LogP contribution in [0.15, 0.2) is 141 Å². The molecule has 6 heteroatoms. The topological polar surface area (TPSA) is 32.3 Å². The Morgan fingerprint density at radius 2 is 0.978 bits per heavy atom. The van der Waals surface area contributed by atoms with Gasteiger partial charge in [0.05, 0.1) is 22.8 Å². The molecule has 2 aromatic heterocycles. The van der Waals surface area contributed by atoms with E-state index in [-0.39, 0.29) is 0 Å². The number of aryl methyl sites for hydroxylation is 4. The fourth-order valence-electron chi connectivity index (χ4n) is 6.25. The van der Waals surface area contributed by atoms with Gasteiger partial charge in [-0.1, -0.05) is 96.3 Å². The first-order chi connectivity index (χ1) is 22.4. The van der Waals surface area contributed by atoms with E-state index in [0.717, 1.165) is 50.0 Å². The van der Waals surface area contributed by atoms with E-state index in [1.165, 1.54) is 37.6 Å². The largest absolute Gasteiger partial charge is 0.285 e. The fraction of sp³-hybridized carbons (Fsp3) is 0.100. The van der Waals surface area contributed by atoms with E-state index in [1.54, 1.807) is 23.5 Å². The van der Waals surface area contributed by atoms with Gasteiger partial charge in [0.1, 0.15) is 21.7 Å². The van der Waals surface area contributed by atoms with Gasteiger partial charge in [-0.25, -0.2) is 9.97 Å². The molecule has 4 nitrogen and oxygen atoms in total. The predicted octanol–water partition coefficient (Wildman–Crippen LogP) is 11.4. The Morgan fingerprint density at radius 3 is 1.54 bits per heavy atom. The Hall–Kier alpha value is -4.78. The van der Waals surface area contributed by atoms with Crippen LogP contribution in [0.4, 0.5) is 23.0 Å². The third kappa shape index (κ3) is 4.98. The minimum absolute atomic E-state index is 0.894. The van der Waals surface area contributed by atoms with Crippen molar-refractivity contribution in [2.75, 3.05) is 9.80 Å². The van der Waals surface area contributed by atoms with Gasteiger partial charge in [0.2, 0.25) is 0 Å². The van der Waals surface area contributed by atoms with E-state index < -0.39 is 0 Å². The monoisotopic (exact) mass is 632 g/mol. The lowest BCUT2D eigenvalue weighted by Crippen LogP contribution is -2.20. The molecular weight excluding hydrogens is 601 g/mol. The van der Waals surface area contributed by atoms with Gasteiger partial charge in [-0.05, 0) is 98.5 Å². The zero-order valence-corrected chi connectivity index (χ0v) is 27.8. The molecule has 8 rings (SSSR count). The maximum absolute atomic E-state index is 5.35. The van der Waals surface area contributed by atoms with Crippen molar-refractivity contribution in [1.82, 2.24) is 9.97 Å². The Labute approximate surface area is 278 Å². The first-order valence-electron chi connectivity index (χ1n) is 15.4. The van der Waals surface area contributed by atoms with Crippen LogP contribution in [-0.2, 0) is 0 Å². The highest BCUT2D eigenvalue weighted by Crippen LogP contribution is 2.58. The molecule has 6 aromatic rings. The van der Waals surface area contributed by atoms with Gasteiger partial charge in [0, 0.05) is 20.9 Å². The lowest BCUT2D eigenvalue weighted by atomic mass is 9.99. The molecular formula is C40H32N4S2. The highest BCUT2D eigenvalue weighted by Gasteiger charge is 2.38. The minimum atomic E-state index is 0.894. The molecule has 0 radical (unpaired) electrons. The maximum atomic E-state index is 5.35. The molecule has 4 aromatic carbocycles. The molecule has 0 saturated heterocycles. The van der Waals surface area contributed by atoms with E-state index in [4.69, 9.17) is 9.97 Å². The number of hydrogen-bond donors (Lipinski definition) is 0. The third-order valence-corrected chi connectivity index (χ3v) is 10.8. The standard InChI is InChI=1S/C40H32N4S2/c1-25-19-21-34-32(23-25)43(36-17-9-15-30(41-36)29-13-6-5-7-14-29)39(45-34)40-44(33-24-26(2)20-22-35(33)46-40)37-18-10-16-31(42-37)38-27(3)11-8-12-28(38)4/h5-24H,1-4H3/b40-39+. The summed E-state index contributed by atoms with van der Waals surface area (Å²) >= 11 is 3.60. The molecule has 2 aliphatic heterocycles. The van der Waals surface area contributed by atoms with Gasteiger partial charge >= 0.3 is 0 Å². The lowest BCUT2D eigenvalue weighted by molar-refractivity contribution is 1.11. The van der Waals surface area contributed by atoms with Crippen LogP contribution >= 0.6 is 23.5 Å². The molecule has 4 heterocycles. The molecule has 46 heavy (non-hydrogen) atoms. The summed E-state index contributed by atoms with van der Waals surface area (Å²) in [6, 6.07) is 43.0. The van der Waals surface area contributed by atoms with Crippen LogP contribution in [0.2, 0.25) is 0 Å². The molecule has 0 amide bonds. The van der Waals surface area contributed by atoms with Gasteiger partial charge in [-0.15, -0.1) is 0 Å². The molecule has 0 saturated carbocycles. The van der Waals surface area contributed by atoms with Crippen LogP contribution in [0, 0.1) is 27.7 Å². The summed E-state index contributed by atoms with van der Waals surface area (Å²) in [7, 11) is 0. The van der Waals surface area contributed by atoms with Crippen LogP contribution in [0.1, 0.15) is 22.3 Å². The summed E-state index contributed by atoms with van der Waals surface area (Å²) in [5, 5.41) is 2.24. The summed E-state index contributed by atoms with van der Waals surface area (Å²) in [4.78, 5) is 17.7. The second kappa shape index (κ2) is 11.5. The number of nitrogens with zero attached hydrogens (tertiary/aromatic N) is 4. The highest BCUT2D eigenvalue weighted by molar-refractivity contribution is 8.07. The molecule has 0 unspecified atom stereocenters. The van der Waals surface area contributed by atoms with Crippen LogP contribution in [0.5, 0.6) is 0 Å². The second-order valence-corrected chi connectivity index (χ2v) is 13.9. The molecule has 224 valence electrons. The van der Waals surface area contributed by atoms with Gasteiger partial charge in [0.15, 0.2) is 0 Å². The fourth-order valence-corrected chi connectivity index (χ4v) is 8.62. The van der Waals surface area contributed by atoms with Crippen molar-refractivity contribution >= 4 is 46.5 Å². The second-order valence-electron chi connectivity index (χ2n) is 11.8. The summed E-state index contributed by atoms with van der Waals surface area (Å²) in [5.41, 5.74) is 11.4. The highest BCUT2D eigenvalue weighted by atomic mass is 32.2. The number of fused-ring (bicyclic) bond motifs is 2. The first-order valence-corrected chi connectivity index (χ1v) is 17.1. The van der Waals surface area contributed by atoms with E-state index >= 15 is 0 Å². The number of rotatable bonds is 4. The van der Waals surface area contributed by atoms with Gasteiger partial charge in [0.25, 0.3) is 0 Å².